The zero-order valence-corrected chi connectivity index (χ0v) is 14.8. The van der Waals surface area contributed by atoms with Crippen molar-refractivity contribution in [2.24, 2.45) is 22.7 Å². The van der Waals surface area contributed by atoms with Gasteiger partial charge in [-0.05, 0) is 42.9 Å². The first-order chi connectivity index (χ1) is 12.3. The molecule has 0 radical (unpaired) electrons. The van der Waals surface area contributed by atoms with Gasteiger partial charge in [0, 0.05) is 16.9 Å². The molecule has 6 heteroatoms. The molecule has 4 heterocycles. The van der Waals surface area contributed by atoms with Crippen LogP contribution in [0, 0.1) is 22.7 Å². The highest BCUT2D eigenvalue weighted by molar-refractivity contribution is 5.86. The van der Waals surface area contributed by atoms with Crippen molar-refractivity contribution >= 4 is 11.9 Å². The van der Waals surface area contributed by atoms with Crippen molar-refractivity contribution in [3.63, 3.8) is 0 Å². The number of esters is 2. The van der Waals surface area contributed by atoms with Gasteiger partial charge in [0.25, 0.3) is 0 Å². The molecule has 1 aromatic heterocycles. The third-order valence-electron chi connectivity index (χ3n) is 7.51. The van der Waals surface area contributed by atoms with E-state index in [9.17, 15) is 14.7 Å². The number of rotatable bonds is 1. The second-order valence-electron chi connectivity index (χ2n) is 8.67. The van der Waals surface area contributed by atoms with Crippen LogP contribution in [-0.2, 0) is 19.1 Å². The van der Waals surface area contributed by atoms with Crippen LogP contribution in [0.5, 0.6) is 0 Å². The fraction of sp³-hybridized carbons (Fsp3) is 0.600. The van der Waals surface area contributed by atoms with Crippen LogP contribution < -0.4 is 0 Å². The molecule has 1 N–H and O–H groups in total. The van der Waals surface area contributed by atoms with Gasteiger partial charge in [-0.3, -0.25) is 4.79 Å². The van der Waals surface area contributed by atoms with Gasteiger partial charge in [0.2, 0.25) is 0 Å². The summed E-state index contributed by atoms with van der Waals surface area (Å²) >= 11 is 0. The highest BCUT2D eigenvalue weighted by Gasteiger charge is 2.72. The smallest absolute Gasteiger partial charge is 0.343 e. The molecule has 5 aliphatic rings. The SMILES string of the molecule is C[C@]12C[C@H](c3ccoc3)OC(=O)[C@@H]1CC[C@@]1(C)[C@@H]2[C@@H]2C=C[C@@]1(O)C(=O)O2. The second-order valence-corrected chi connectivity index (χ2v) is 8.67. The quantitative estimate of drug-likeness (QED) is 0.613. The number of hydrogen-bond donors (Lipinski definition) is 1. The summed E-state index contributed by atoms with van der Waals surface area (Å²) in [5, 5.41) is 11.2. The Kier molecular flexibility index (Phi) is 2.97. The van der Waals surface area contributed by atoms with E-state index in [1.165, 1.54) is 0 Å². The topological polar surface area (TPSA) is 86.0 Å². The molecule has 138 valence electrons. The van der Waals surface area contributed by atoms with E-state index < -0.39 is 28.5 Å². The van der Waals surface area contributed by atoms with Crippen molar-refractivity contribution in [2.45, 2.75) is 50.9 Å². The van der Waals surface area contributed by atoms with Gasteiger partial charge in [-0.2, -0.15) is 0 Å². The maximum Gasteiger partial charge on any atom is 0.343 e. The number of hydrogen-bond acceptors (Lipinski definition) is 6. The lowest BCUT2D eigenvalue weighted by Gasteiger charge is -2.65. The van der Waals surface area contributed by atoms with E-state index in [2.05, 4.69) is 6.92 Å². The van der Waals surface area contributed by atoms with Crippen LogP contribution in [-0.4, -0.2) is 28.8 Å². The van der Waals surface area contributed by atoms with Gasteiger partial charge in [-0.25, -0.2) is 4.79 Å². The van der Waals surface area contributed by atoms with Crippen molar-refractivity contribution in [1.29, 1.82) is 0 Å². The van der Waals surface area contributed by atoms with Gasteiger partial charge >= 0.3 is 11.9 Å². The summed E-state index contributed by atoms with van der Waals surface area (Å²) in [6.45, 7) is 4.04. The zero-order chi connectivity index (χ0) is 18.3. The first kappa shape index (κ1) is 16.1. The van der Waals surface area contributed by atoms with Crippen molar-refractivity contribution in [3.8, 4) is 0 Å². The molecule has 1 saturated carbocycles. The minimum Gasteiger partial charge on any atom is -0.472 e. The summed E-state index contributed by atoms with van der Waals surface area (Å²) in [5.74, 6) is -1.20. The molecule has 0 unspecified atom stereocenters. The average molecular weight is 358 g/mol. The Labute approximate surface area is 151 Å². The van der Waals surface area contributed by atoms with E-state index in [0.717, 1.165) is 5.56 Å². The van der Waals surface area contributed by atoms with Crippen LogP contribution >= 0.6 is 0 Å². The Morgan fingerprint density at radius 1 is 1.23 bits per heavy atom. The predicted molar refractivity (Wildman–Crippen MR) is 88.6 cm³/mol. The molecule has 0 spiro atoms. The molecule has 2 bridgehead atoms. The predicted octanol–water partition coefficient (Wildman–Crippen LogP) is 2.53. The fourth-order valence-electron chi connectivity index (χ4n) is 6.16. The number of aliphatic hydroxyl groups is 1. The van der Waals surface area contributed by atoms with Crippen molar-refractivity contribution in [2.75, 3.05) is 0 Å². The molecule has 6 nitrogen and oxygen atoms in total. The molecular weight excluding hydrogens is 336 g/mol. The third kappa shape index (κ3) is 1.71. The lowest BCUT2D eigenvalue weighted by atomic mass is 9.42. The lowest BCUT2D eigenvalue weighted by Crippen LogP contribution is -2.72. The molecular formula is C20H22O6. The highest BCUT2D eigenvalue weighted by Crippen LogP contribution is 2.67. The zero-order valence-electron chi connectivity index (χ0n) is 14.8. The van der Waals surface area contributed by atoms with Crippen LogP contribution in [0.2, 0.25) is 0 Å². The van der Waals surface area contributed by atoms with E-state index >= 15 is 0 Å². The van der Waals surface area contributed by atoms with Crippen molar-refractivity contribution in [1.82, 2.24) is 0 Å². The van der Waals surface area contributed by atoms with Crippen LogP contribution in [0.1, 0.15) is 44.8 Å². The molecule has 3 aliphatic heterocycles. The average Bonchev–Trinajstić information content (AvgIpc) is 3.10. The molecule has 2 saturated heterocycles. The first-order valence-electron chi connectivity index (χ1n) is 9.15. The summed E-state index contributed by atoms with van der Waals surface area (Å²) in [6.07, 6.45) is 7.52. The highest BCUT2D eigenvalue weighted by atomic mass is 16.6. The number of carbonyl (C=O) groups is 2. The molecule has 0 aromatic carbocycles. The van der Waals surface area contributed by atoms with Gasteiger partial charge in [-0.15, -0.1) is 0 Å². The van der Waals surface area contributed by atoms with Crippen LogP contribution in [0.4, 0.5) is 0 Å². The van der Waals surface area contributed by atoms with E-state index in [-0.39, 0.29) is 23.9 Å². The molecule has 3 fully saturated rings. The van der Waals surface area contributed by atoms with Gasteiger partial charge in [0.05, 0.1) is 18.4 Å². The van der Waals surface area contributed by atoms with Gasteiger partial charge in [-0.1, -0.05) is 13.8 Å². The number of carbonyl (C=O) groups excluding carboxylic acids is 2. The third-order valence-corrected chi connectivity index (χ3v) is 7.51. The van der Waals surface area contributed by atoms with Crippen molar-refractivity contribution in [3.05, 3.63) is 36.3 Å². The maximum absolute atomic E-state index is 12.8. The Bertz CT molecular complexity index is 812. The minimum atomic E-state index is -1.63. The summed E-state index contributed by atoms with van der Waals surface area (Å²) in [5.41, 5.74) is -1.91. The number of ether oxygens (including phenoxy) is 2. The monoisotopic (exact) mass is 358 g/mol. The number of fused-ring (bicyclic) bond motifs is 2. The van der Waals surface area contributed by atoms with Gasteiger partial charge in [0.1, 0.15) is 12.2 Å². The first-order valence-corrected chi connectivity index (χ1v) is 9.15. The van der Waals surface area contributed by atoms with E-state index in [1.807, 2.05) is 13.0 Å². The molecule has 26 heavy (non-hydrogen) atoms. The Balaban J connectivity index is 1.61. The Morgan fingerprint density at radius 3 is 2.73 bits per heavy atom. The number of cyclic esters (lactones) is 1. The summed E-state index contributed by atoms with van der Waals surface area (Å²) in [7, 11) is 0. The molecule has 2 aliphatic carbocycles. The molecule has 1 aromatic rings. The maximum atomic E-state index is 12.8. The summed E-state index contributed by atoms with van der Waals surface area (Å²) < 4.78 is 16.4. The Hall–Kier alpha value is -2.08. The molecule has 7 atom stereocenters. The van der Waals surface area contributed by atoms with Gasteiger partial charge in [0.15, 0.2) is 5.60 Å². The summed E-state index contributed by atoms with van der Waals surface area (Å²) in [6, 6.07) is 1.81. The number of furan rings is 1. The fourth-order valence-corrected chi connectivity index (χ4v) is 6.16. The largest absolute Gasteiger partial charge is 0.472 e. The van der Waals surface area contributed by atoms with Gasteiger partial charge < -0.3 is 19.0 Å². The Morgan fingerprint density at radius 2 is 2.04 bits per heavy atom. The van der Waals surface area contributed by atoms with E-state index in [1.54, 1.807) is 24.7 Å². The van der Waals surface area contributed by atoms with Crippen LogP contribution in [0.25, 0.3) is 0 Å². The van der Waals surface area contributed by atoms with E-state index in [4.69, 9.17) is 13.9 Å². The lowest BCUT2D eigenvalue weighted by molar-refractivity contribution is -0.259. The van der Waals surface area contributed by atoms with Crippen LogP contribution in [0.15, 0.2) is 35.2 Å². The molecule has 0 amide bonds. The standard InChI is InChI=1S/C20H22O6/c1-18-9-14(11-5-8-24-10-11)25-16(21)12(18)3-6-19(2)15(18)13-4-7-20(19,23)17(22)26-13/h4-5,7-8,10,12-15,23H,3,6,9H2,1-2H3/t12-,13-,14+,15+,18-,19-,20+/m0/s1. The molecule has 6 rings (SSSR count). The summed E-state index contributed by atoms with van der Waals surface area (Å²) in [4.78, 5) is 25.2. The van der Waals surface area contributed by atoms with Crippen LogP contribution in [0.3, 0.4) is 0 Å². The van der Waals surface area contributed by atoms with E-state index in [0.29, 0.717) is 19.3 Å². The normalized spacial score (nSPS) is 49.2. The minimum absolute atomic E-state index is 0.149. The second kappa shape index (κ2) is 4.80. The van der Waals surface area contributed by atoms with Crippen molar-refractivity contribution < 1.29 is 28.6 Å².